The topological polar surface area (TPSA) is 32.3 Å². The Balaban J connectivity index is 1.90. The van der Waals surface area contributed by atoms with Crippen LogP contribution in [0.5, 0.6) is 0 Å². The summed E-state index contributed by atoms with van der Waals surface area (Å²) in [7, 11) is 1.92. The Kier molecular flexibility index (Phi) is 4.46. The van der Waals surface area contributed by atoms with Crippen LogP contribution < -0.4 is 5.32 Å². The number of nitrogens with zero attached hydrogens (tertiary/aromatic N) is 1. The van der Waals surface area contributed by atoms with E-state index in [-0.39, 0.29) is 5.91 Å². The number of amides is 1. The molecule has 0 radical (unpaired) electrons. The number of carbonyl (C=O) groups is 1. The molecule has 3 heteroatoms. The predicted octanol–water partition coefficient (Wildman–Crippen LogP) is 3.09. The third kappa shape index (κ3) is 3.49. The van der Waals surface area contributed by atoms with E-state index in [0.29, 0.717) is 18.3 Å². The molecule has 0 saturated heterocycles. The number of hydrogen-bond donors (Lipinski definition) is 1. The molecular formula is C16H24N2O. The smallest absolute Gasteiger partial charge is 0.222 e. The maximum absolute atomic E-state index is 12.2. The number of rotatable bonds is 5. The van der Waals surface area contributed by atoms with Gasteiger partial charge < -0.3 is 10.2 Å². The van der Waals surface area contributed by atoms with Gasteiger partial charge in [-0.2, -0.15) is 0 Å². The summed E-state index contributed by atoms with van der Waals surface area (Å²) in [5, 5.41) is 3.37. The molecule has 1 atom stereocenters. The first-order valence-electron chi connectivity index (χ1n) is 7.14. The number of carbonyl (C=O) groups excluding carboxylic acids is 1. The highest BCUT2D eigenvalue weighted by molar-refractivity contribution is 5.78. The molecule has 1 aliphatic rings. The van der Waals surface area contributed by atoms with Crippen LogP contribution in [0.4, 0.5) is 5.69 Å². The third-order valence-corrected chi connectivity index (χ3v) is 3.83. The molecule has 0 aliphatic carbocycles. The average Bonchev–Trinajstić information content (AvgIpc) is 2.79. The maximum atomic E-state index is 12.2. The average molecular weight is 260 g/mol. The van der Waals surface area contributed by atoms with Crippen LogP contribution in [0.25, 0.3) is 0 Å². The van der Waals surface area contributed by atoms with Crippen molar-refractivity contribution in [3.63, 3.8) is 0 Å². The highest BCUT2D eigenvalue weighted by Crippen LogP contribution is 2.33. The first-order chi connectivity index (χ1) is 9.08. The standard InChI is InChI=1S/C16H24N2O/c1-12(2)8-9-18(3)16(19)10-13-11-17-15-7-5-4-6-14(13)15/h4-7,12-13,17H,8-11H2,1-3H3. The molecule has 1 unspecified atom stereocenters. The van der Waals surface area contributed by atoms with Crippen LogP contribution in [0.3, 0.4) is 0 Å². The van der Waals surface area contributed by atoms with Crippen LogP contribution in [-0.2, 0) is 4.79 Å². The highest BCUT2D eigenvalue weighted by Gasteiger charge is 2.25. The molecule has 0 bridgehead atoms. The maximum Gasteiger partial charge on any atom is 0.222 e. The minimum Gasteiger partial charge on any atom is -0.384 e. The summed E-state index contributed by atoms with van der Waals surface area (Å²) in [4.78, 5) is 14.1. The van der Waals surface area contributed by atoms with Gasteiger partial charge >= 0.3 is 0 Å². The van der Waals surface area contributed by atoms with E-state index in [1.54, 1.807) is 0 Å². The molecule has 1 N–H and O–H groups in total. The summed E-state index contributed by atoms with van der Waals surface area (Å²) in [6.07, 6.45) is 1.68. The zero-order chi connectivity index (χ0) is 13.8. The first kappa shape index (κ1) is 13.9. The van der Waals surface area contributed by atoms with Gasteiger partial charge in [0, 0.05) is 38.2 Å². The molecule has 3 nitrogen and oxygen atoms in total. The van der Waals surface area contributed by atoms with Crippen molar-refractivity contribution in [2.24, 2.45) is 5.92 Å². The molecule has 104 valence electrons. The molecule has 2 rings (SSSR count). The van der Waals surface area contributed by atoms with E-state index < -0.39 is 0 Å². The number of benzene rings is 1. The lowest BCUT2D eigenvalue weighted by atomic mass is 9.97. The lowest BCUT2D eigenvalue weighted by Gasteiger charge is -2.20. The number of nitrogens with one attached hydrogen (secondary N) is 1. The zero-order valence-corrected chi connectivity index (χ0v) is 12.1. The van der Waals surface area contributed by atoms with Crippen molar-refractivity contribution in [2.45, 2.75) is 32.6 Å². The van der Waals surface area contributed by atoms with Gasteiger partial charge in [-0.3, -0.25) is 4.79 Å². The Bertz CT molecular complexity index is 442. The van der Waals surface area contributed by atoms with E-state index in [1.807, 2.05) is 24.1 Å². The minimum absolute atomic E-state index is 0.254. The number of para-hydroxylation sites is 1. The van der Waals surface area contributed by atoms with Gasteiger partial charge in [0.15, 0.2) is 0 Å². The van der Waals surface area contributed by atoms with Crippen LogP contribution in [0.2, 0.25) is 0 Å². The van der Waals surface area contributed by atoms with Gasteiger partial charge in [0.1, 0.15) is 0 Å². The molecule has 0 saturated carbocycles. The summed E-state index contributed by atoms with van der Waals surface area (Å²) in [6.45, 7) is 6.12. The molecule has 1 aliphatic heterocycles. The fraction of sp³-hybridized carbons (Fsp3) is 0.562. The fourth-order valence-corrected chi connectivity index (χ4v) is 2.48. The van der Waals surface area contributed by atoms with Gasteiger partial charge in [-0.25, -0.2) is 0 Å². The van der Waals surface area contributed by atoms with Gasteiger partial charge in [-0.05, 0) is 24.0 Å². The van der Waals surface area contributed by atoms with Crippen molar-refractivity contribution in [2.75, 3.05) is 25.5 Å². The monoisotopic (exact) mass is 260 g/mol. The predicted molar refractivity (Wildman–Crippen MR) is 79.4 cm³/mol. The quantitative estimate of drug-likeness (QED) is 0.882. The van der Waals surface area contributed by atoms with E-state index in [0.717, 1.165) is 19.5 Å². The van der Waals surface area contributed by atoms with Gasteiger partial charge in [0.25, 0.3) is 0 Å². The summed E-state index contributed by atoms with van der Waals surface area (Å²) < 4.78 is 0. The lowest BCUT2D eigenvalue weighted by molar-refractivity contribution is -0.130. The highest BCUT2D eigenvalue weighted by atomic mass is 16.2. The molecule has 0 aromatic heterocycles. The van der Waals surface area contributed by atoms with Crippen molar-refractivity contribution in [3.05, 3.63) is 29.8 Å². The van der Waals surface area contributed by atoms with E-state index >= 15 is 0 Å². The lowest BCUT2D eigenvalue weighted by Crippen LogP contribution is -2.30. The second-order valence-corrected chi connectivity index (χ2v) is 5.87. The van der Waals surface area contributed by atoms with Crippen LogP contribution in [0.1, 0.15) is 38.2 Å². The molecule has 1 aromatic carbocycles. The van der Waals surface area contributed by atoms with Crippen molar-refractivity contribution >= 4 is 11.6 Å². The zero-order valence-electron chi connectivity index (χ0n) is 12.1. The second-order valence-electron chi connectivity index (χ2n) is 5.87. The molecule has 0 fully saturated rings. The summed E-state index contributed by atoms with van der Waals surface area (Å²) in [6, 6.07) is 8.29. The van der Waals surface area contributed by atoms with Crippen molar-refractivity contribution in [1.82, 2.24) is 4.90 Å². The van der Waals surface area contributed by atoms with Gasteiger partial charge in [0.05, 0.1) is 0 Å². The first-order valence-corrected chi connectivity index (χ1v) is 7.14. The normalized spacial score (nSPS) is 17.2. The van der Waals surface area contributed by atoms with E-state index in [2.05, 4.69) is 31.3 Å². The van der Waals surface area contributed by atoms with E-state index in [1.165, 1.54) is 11.3 Å². The molecule has 1 heterocycles. The number of fused-ring (bicyclic) bond motifs is 1. The van der Waals surface area contributed by atoms with Crippen molar-refractivity contribution in [3.8, 4) is 0 Å². The largest absolute Gasteiger partial charge is 0.384 e. The molecule has 1 amide bonds. The Hall–Kier alpha value is -1.51. The van der Waals surface area contributed by atoms with Crippen LogP contribution in [-0.4, -0.2) is 30.9 Å². The minimum atomic E-state index is 0.254. The molecule has 1 aromatic rings. The summed E-state index contributed by atoms with van der Waals surface area (Å²) >= 11 is 0. The van der Waals surface area contributed by atoms with Gasteiger partial charge in [-0.1, -0.05) is 32.0 Å². The van der Waals surface area contributed by atoms with Crippen LogP contribution in [0, 0.1) is 5.92 Å². The summed E-state index contributed by atoms with van der Waals surface area (Å²) in [5.74, 6) is 1.22. The summed E-state index contributed by atoms with van der Waals surface area (Å²) in [5.41, 5.74) is 2.47. The fourth-order valence-electron chi connectivity index (χ4n) is 2.48. The third-order valence-electron chi connectivity index (χ3n) is 3.83. The van der Waals surface area contributed by atoms with Crippen LogP contribution in [0.15, 0.2) is 24.3 Å². The molecule has 0 spiro atoms. The van der Waals surface area contributed by atoms with Gasteiger partial charge in [-0.15, -0.1) is 0 Å². The van der Waals surface area contributed by atoms with Crippen LogP contribution >= 0.6 is 0 Å². The second kappa shape index (κ2) is 6.09. The Morgan fingerprint density at radius 3 is 2.89 bits per heavy atom. The van der Waals surface area contributed by atoms with Crippen molar-refractivity contribution < 1.29 is 4.79 Å². The number of hydrogen-bond acceptors (Lipinski definition) is 2. The Morgan fingerprint density at radius 1 is 1.42 bits per heavy atom. The van der Waals surface area contributed by atoms with Crippen molar-refractivity contribution in [1.29, 1.82) is 0 Å². The number of anilines is 1. The Morgan fingerprint density at radius 2 is 2.16 bits per heavy atom. The van der Waals surface area contributed by atoms with Gasteiger partial charge in [0.2, 0.25) is 5.91 Å². The molecule has 19 heavy (non-hydrogen) atoms. The van der Waals surface area contributed by atoms with E-state index in [9.17, 15) is 4.79 Å². The SMILES string of the molecule is CC(C)CCN(C)C(=O)CC1CNc2ccccc21. The van der Waals surface area contributed by atoms with E-state index in [4.69, 9.17) is 0 Å². The molecular weight excluding hydrogens is 236 g/mol. The Labute approximate surface area is 116 Å².